The second-order valence-electron chi connectivity index (χ2n) is 25.4. The van der Waals surface area contributed by atoms with E-state index in [9.17, 15) is 14.7 Å². The lowest BCUT2D eigenvalue weighted by molar-refractivity contribution is -0.361. The van der Waals surface area contributed by atoms with Crippen molar-refractivity contribution < 1.29 is 66.3 Å². The van der Waals surface area contributed by atoms with Crippen LogP contribution in [0.5, 0.6) is 0 Å². The SMILES string of the molecule is CC[Si](CC)(CC)OC1CC2OCC2(OC(C)=O)C2C(OC(=O)c3ccccc3)C3(O)CC(OC(=O)C(O[Si](C)(C)C(C)(C)C)C(NC(=O)OC(C)(C)C)c4ccncc4)C(C)=C(C4OC(C)(C)OC4[C@]12C)C3(C)C. The van der Waals surface area contributed by atoms with E-state index in [1.165, 1.54) is 6.92 Å². The minimum atomic E-state index is -2.89. The molecule has 2 bridgehead atoms. The van der Waals surface area contributed by atoms with Gasteiger partial charge in [-0.25, -0.2) is 14.4 Å². The number of nitrogens with zero attached hydrogens (tertiary/aromatic N) is 1. The molecular formula is C57H86N2O14Si2. The van der Waals surface area contributed by atoms with Crippen LogP contribution in [0.3, 0.4) is 0 Å². The second-order valence-corrected chi connectivity index (χ2v) is 34.9. The Labute approximate surface area is 447 Å². The number of fused-ring (bicyclic) bond motifs is 8. The summed E-state index contributed by atoms with van der Waals surface area (Å²) < 4.78 is 61.8. The van der Waals surface area contributed by atoms with Gasteiger partial charge >= 0.3 is 24.0 Å². The fourth-order valence-electron chi connectivity index (χ4n) is 12.6. The number of hydrogen-bond acceptors (Lipinski definition) is 15. The highest BCUT2D eigenvalue weighted by Crippen LogP contribution is 2.68. The number of ether oxygens (including phenoxy) is 7. The van der Waals surface area contributed by atoms with Gasteiger partial charge in [-0.1, -0.05) is 80.5 Å². The van der Waals surface area contributed by atoms with Crippen LogP contribution in [0.15, 0.2) is 66.0 Å². The van der Waals surface area contributed by atoms with E-state index in [0.29, 0.717) is 23.1 Å². The lowest BCUT2D eigenvalue weighted by atomic mass is 9.44. The summed E-state index contributed by atoms with van der Waals surface area (Å²) in [6.07, 6.45) is -4.89. The van der Waals surface area contributed by atoms with E-state index in [1.54, 1.807) is 75.6 Å². The molecule has 7 rings (SSSR count). The van der Waals surface area contributed by atoms with Gasteiger partial charge in [0.25, 0.3) is 0 Å². The lowest BCUT2D eigenvalue weighted by Gasteiger charge is -2.69. The second kappa shape index (κ2) is 20.7. The van der Waals surface area contributed by atoms with Crippen molar-refractivity contribution in [1.29, 1.82) is 0 Å². The van der Waals surface area contributed by atoms with E-state index in [1.807, 2.05) is 68.5 Å². The predicted octanol–water partition coefficient (Wildman–Crippen LogP) is 10.3. The van der Waals surface area contributed by atoms with Gasteiger partial charge in [0.2, 0.25) is 0 Å². The Kier molecular flexibility index (Phi) is 16.2. The molecule has 1 amide bonds. The van der Waals surface area contributed by atoms with Crippen molar-refractivity contribution in [3.8, 4) is 0 Å². The maximum atomic E-state index is 15.7. The van der Waals surface area contributed by atoms with Gasteiger partial charge in [-0.2, -0.15) is 0 Å². The molecule has 16 nitrogen and oxygen atoms in total. The summed E-state index contributed by atoms with van der Waals surface area (Å²) in [5.74, 6) is -4.40. The number of esters is 3. The molecule has 416 valence electrons. The van der Waals surface area contributed by atoms with Gasteiger partial charge in [-0.05, 0) is 119 Å². The molecule has 2 aliphatic heterocycles. The molecule has 1 aromatic heterocycles. The summed E-state index contributed by atoms with van der Waals surface area (Å²) in [6.45, 7) is 34.6. The summed E-state index contributed by atoms with van der Waals surface area (Å²) in [5.41, 5.74) is -5.07. The van der Waals surface area contributed by atoms with Gasteiger partial charge in [0.1, 0.15) is 35.6 Å². The van der Waals surface area contributed by atoms with Gasteiger partial charge in [-0.3, -0.25) is 9.78 Å². The lowest BCUT2D eigenvalue weighted by Crippen LogP contribution is -2.82. The maximum absolute atomic E-state index is 15.7. The monoisotopic (exact) mass is 1080 g/mol. The van der Waals surface area contributed by atoms with Crippen molar-refractivity contribution in [2.75, 3.05) is 6.61 Å². The van der Waals surface area contributed by atoms with Gasteiger partial charge < -0.3 is 52.4 Å². The molecule has 5 aliphatic rings. The van der Waals surface area contributed by atoms with Crippen molar-refractivity contribution in [1.82, 2.24) is 10.3 Å². The molecule has 12 atom stereocenters. The average molecular weight is 1080 g/mol. The summed E-state index contributed by atoms with van der Waals surface area (Å²) in [6, 6.07) is 13.3. The molecule has 75 heavy (non-hydrogen) atoms. The minimum Gasteiger partial charge on any atom is -0.456 e. The van der Waals surface area contributed by atoms with Crippen molar-refractivity contribution in [3.63, 3.8) is 0 Å². The number of benzene rings is 1. The third-order valence-corrected chi connectivity index (χ3v) is 27.1. The first-order valence-electron chi connectivity index (χ1n) is 27.0. The van der Waals surface area contributed by atoms with Gasteiger partial charge in [0, 0.05) is 43.0 Å². The average Bonchev–Trinajstić information content (AvgIpc) is 3.64. The molecule has 0 spiro atoms. The number of aromatic nitrogens is 1. The number of amides is 1. The Balaban J connectivity index is 1.49. The smallest absolute Gasteiger partial charge is 0.408 e. The molecule has 18 heteroatoms. The Morgan fingerprint density at radius 2 is 1.51 bits per heavy atom. The topological polar surface area (TPSA) is 196 Å². The van der Waals surface area contributed by atoms with Gasteiger partial charge in [0.15, 0.2) is 34.1 Å². The largest absolute Gasteiger partial charge is 0.456 e. The van der Waals surface area contributed by atoms with E-state index >= 15 is 9.59 Å². The Morgan fingerprint density at radius 1 is 0.893 bits per heavy atom. The van der Waals surface area contributed by atoms with Crippen LogP contribution >= 0.6 is 0 Å². The van der Waals surface area contributed by atoms with Crippen LogP contribution in [0.25, 0.3) is 0 Å². The van der Waals surface area contributed by atoms with E-state index in [2.05, 4.69) is 38.0 Å². The molecule has 2 saturated carbocycles. The van der Waals surface area contributed by atoms with Crippen LogP contribution in [0, 0.1) is 16.7 Å². The molecule has 2 saturated heterocycles. The van der Waals surface area contributed by atoms with Crippen molar-refractivity contribution >= 4 is 40.6 Å². The van der Waals surface area contributed by atoms with Crippen LogP contribution in [-0.2, 0) is 51.6 Å². The zero-order valence-corrected chi connectivity index (χ0v) is 49.8. The number of nitrogens with one attached hydrogen (secondary N) is 1. The highest BCUT2D eigenvalue weighted by atomic mass is 28.4. The highest BCUT2D eigenvalue weighted by molar-refractivity contribution is 6.74. The minimum absolute atomic E-state index is 0.0622. The fraction of sp³-hybridized carbons (Fsp3) is 0.702. The van der Waals surface area contributed by atoms with Gasteiger partial charge in [0.05, 0.1) is 36.3 Å². The maximum Gasteiger partial charge on any atom is 0.408 e. The Hall–Kier alpha value is -4.02. The van der Waals surface area contributed by atoms with Crippen molar-refractivity contribution in [3.05, 3.63) is 77.1 Å². The molecule has 2 aromatic rings. The zero-order chi connectivity index (χ0) is 55.7. The van der Waals surface area contributed by atoms with Gasteiger partial charge in [-0.15, -0.1) is 0 Å². The number of aliphatic hydroxyl groups is 1. The van der Waals surface area contributed by atoms with Crippen LogP contribution in [0.1, 0.15) is 146 Å². The first-order valence-corrected chi connectivity index (χ1v) is 32.4. The number of alkyl carbamates (subject to hydrolysis) is 1. The summed E-state index contributed by atoms with van der Waals surface area (Å²) in [4.78, 5) is 62.4. The molecular weight excluding hydrogens is 993 g/mol. The first-order chi connectivity index (χ1) is 34.7. The zero-order valence-electron chi connectivity index (χ0n) is 47.8. The number of rotatable bonds is 15. The van der Waals surface area contributed by atoms with Crippen LogP contribution in [-0.4, -0.2) is 123 Å². The number of carbonyl (C=O) groups is 4. The van der Waals surface area contributed by atoms with Crippen LogP contribution in [0.4, 0.5) is 4.79 Å². The molecule has 3 heterocycles. The third kappa shape index (κ3) is 10.7. The fourth-order valence-corrected chi connectivity index (χ4v) is 16.8. The standard InChI is InChI=1S/C57H86N2O14Si2/c1-19-75(20-2,21-3)72-39-31-40-56(33-65-40,68-35(5)60)45-47(67-48(61)37-25-23-22-24-26-37)57(64)32-38(34(4)41(53(57,12)13)43-46(55(39,45)16)70-54(14,15)69-43)66-49(62)44(73-74(17,18)52(9,10)11)42(36-27-29-58-30-28-36)59-50(63)71-51(6,7)8/h22-30,38-40,42-47,64H,19-21,31-33H2,1-18H3,(H,59,63)/t38?,39?,40?,42?,43?,44?,45?,46?,47?,55-,56?,57?/m1/s1. The Bertz CT molecular complexity index is 2460. The quantitative estimate of drug-likeness (QED) is 0.0739. The van der Waals surface area contributed by atoms with Crippen LogP contribution < -0.4 is 5.32 Å². The number of hydrogen-bond donors (Lipinski definition) is 2. The summed E-state index contributed by atoms with van der Waals surface area (Å²) in [7, 11) is -5.38. The summed E-state index contributed by atoms with van der Waals surface area (Å²) >= 11 is 0. The van der Waals surface area contributed by atoms with Crippen molar-refractivity contribution in [2.24, 2.45) is 16.7 Å². The van der Waals surface area contributed by atoms with E-state index < -0.39 is 134 Å². The number of carbonyl (C=O) groups excluding carboxylic acids is 4. The van der Waals surface area contributed by atoms with Crippen LogP contribution in [0.2, 0.25) is 36.3 Å². The van der Waals surface area contributed by atoms with E-state index in [0.717, 1.165) is 18.1 Å². The number of pyridine rings is 1. The third-order valence-electron chi connectivity index (χ3n) is 18.0. The molecule has 1 aromatic carbocycles. The first kappa shape index (κ1) is 58.7. The van der Waals surface area contributed by atoms with E-state index in [4.69, 9.17) is 42.0 Å². The molecule has 11 unspecified atom stereocenters. The molecule has 4 fully saturated rings. The normalized spacial score (nSPS) is 31.9. The predicted molar refractivity (Wildman–Crippen MR) is 286 cm³/mol. The molecule has 3 aliphatic carbocycles. The summed E-state index contributed by atoms with van der Waals surface area (Å²) in [5, 5.41) is 17.1. The molecule has 0 radical (unpaired) electrons. The highest BCUT2D eigenvalue weighted by Gasteiger charge is 2.80. The van der Waals surface area contributed by atoms with Crippen molar-refractivity contribution in [2.45, 2.75) is 231 Å². The van der Waals surface area contributed by atoms with E-state index in [-0.39, 0.29) is 18.6 Å². The Morgan fingerprint density at radius 3 is 2.04 bits per heavy atom. The molecule has 2 N–H and O–H groups in total.